The molecular weight excluding hydrogens is 278 g/mol. The Bertz CT molecular complexity index is 468. The minimum Gasteiger partial charge on any atom is -0.494 e. The van der Waals surface area contributed by atoms with Gasteiger partial charge in [-0.3, -0.25) is 4.79 Å². The average molecular weight is 297 g/mol. The highest BCUT2D eigenvalue weighted by molar-refractivity contribution is 8.00. The summed E-state index contributed by atoms with van der Waals surface area (Å²) in [4.78, 5) is 13.5. The first-order chi connectivity index (χ1) is 9.65. The van der Waals surface area contributed by atoms with Crippen molar-refractivity contribution < 1.29 is 19.7 Å². The van der Waals surface area contributed by atoms with Gasteiger partial charge in [0.25, 0.3) is 0 Å². The zero-order valence-corrected chi connectivity index (χ0v) is 12.2. The maximum atomic E-state index is 11.9. The number of hydrogen-bond donors (Lipinski definition) is 2. The number of thioether (sulfide) groups is 1. The van der Waals surface area contributed by atoms with Crippen LogP contribution in [0.4, 0.5) is 0 Å². The van der Waals surface area contributed by atoms with E-state index in [0.29, 0.717) is 12.4 Å². The van der Waals surface area contributed by atoms with Crippen LogP contribution in [-0.2, 0) is 4.79 Å². The fourth-order valence-corrected chi connectivity index (χ4v) is 3.33. The zero-order valence-electron chi connectivity index (χ0n) is 11.4. The van der Waals surface area contributed by atoms with Crippen molar-refractivity contribution >= 4 is 17.7 Å². The van der Waals surface area contributed by atoms with Crippen LogP contribution in [0.1, 0.15) is 17.9 Å². The van der Waals surface area contributed by atoms with E-state index in [2.05, 4.69) is 0 Å². The molecule has 0 radical (unpaired) electrons. The van der Waals surface area contributed by atoms with Crippen molar-refractivity contribution in [3.05, 3.63) is 29.8 Å². The first kappa shape index (κ1) is 15.2. The molecule has 2 N–H and O–H groups in total. The third-order valence-electron chi connectivity index (χ3n) is 3.04. The summed E-state index contributed by atoms with van der Waals surface area (Å²) in [5.41, 5.74) is 0.969. The summed E-state index contributed by atoms with van der Waals surface area (Å²) in [7, 11) is 0. The largest absolute Gasteiger partial charge is 0.494 e. The standard InChI is InChI=1S/C14H19NO4S/c1-2-19-12-5-3-4-10(6-12)14-15(7-11(17)8-16)13(18)9-20-14/h3-6,11,14,16-17H,2,7-9H2,1H3. The lowest BCUT2D eigenvalue weighted by Crippen LogP contribution is -2.37. The summed E-state index contributed by atoms with van der Waals surface area (Å²) in [5, 5.41) is 18.4. The summed E-state index contributed by atoms with van der Waals surface area (Å²) in [6.07, 6.45) is -0.907. The van der Waals surface area contributed by atoms with Crippen molar-refractivity contribution in [2.24, 2.45) is 0 Å². The molecule has 1 heterocycles. The number of aliphatic hydroxyl groups excluding tert-OH is 2. The lowest BCUT2D eigenvalue weighted by atomic mass is 10.2. The van der Waals surface area contributed by atoms with Crippen LogP contribution in [0.5, 0.6) is 5.75 Å². The van der Waals surface area contributed by atoms with E-state index in [-0.39, 0.29) is 24.4 Å². The first-order valence-electron chi connectivity index (χ1n) is 6.58. The topological polar surface area (TPSA) is 70.0 Å². The Morgan fingerprint density at radius 2 is 2.35 bits per heavy atom. The quantitative estimate of drug-likeness (QED) is 0.820. The molecule has 1 aliphatic heterocycles. The molecule has 2 atom stereocenters. The number of carbonyl (C=O) groups excluding carboxylic acids is 1. The highest BCUT2D eigenvalue weighted by Crippen LogP contribution is 2.39. The predicted molar refractivity (Wildman–Crippen MR) is 77.6 cm³/mol. The minimum atomic E-state index is -0.907. The minimum absolute atomic E-state index is 0.0192. The first-order valence-corrected chi connectivity index (χ1v) is 7.63. The van der Waals surface area contributed by atoms with Gasteiger partial charge in [0.1, 0.15) is 11.1 Å². The molecule has 1 amide bonds. The Morgan fingerprint density at radius 1 is 1.55 bits per heavy atom. The molecule has 110 valence electrons. The monoisotopic (exact) mass is 297 g/mol. The number of amides is 1. The van der Waals surface area contributed by atoms with Crippen LogP contribution in [0.15, 0.2) is 24.3 Å². The van der Waals surface area contributed by atoms with Gasteiger partial charge in [-0.15, -0.1) is 11.8 Å². The lowest BCUT2D eigenvalue weighted by Gasteiger charge is -2.26. The number of aliphatic hydroxyl groups is 2. The van der Waals surface area contributed by atoms with Gasteiger partial charge in [0, 0.05) is 0 Å². The van der Waals surface area contributed by atoms with Crippen LogP contribution < -0.4 is 4.74 Å². The highest BCUT2D eigenvalue weighted by atomic mass is 32.2. The van der Waals surface area contributed by atoms with Gasteiger partial charge in [-0.05, 0) is 24.6 Å². The average Bonchev–Trinajstić information content (AvgIpc) is 2.81. The van der Waals surface area contributed by atoms with Gasteiger partial charge in [-0.25, -0.2) is 0 Å². The predicted octanol–water partition coefficient (Wildman–Crippen LogP) is 1.01. The van der Waals surface area contributed by atoms with Crippen molar-refractivity contribution in [2.75, 3.05) is 25.5 Å². The Kier molecular flexibility index (Phi) is 5.28. The molecule has 20 heavy (non-hydrogen) atoms. The van der Waals surface area contributed by atoms with Crippen molar-refractivity contribution in [3.63, 3.8) is 0 Å². The van der Waals surface area contributed by atoms with E-state index < -0.39 is 6.10 Å². The van der Waals surface area contributed by atoms with Gasteiger partial charge in [-0.2, -0.15) is 0 Å². The van der Waals surface area contributed by atoms with Crippen molar-refractivity contribution in [3.8, 4) is 5.75 Å². The van der Waals surface area contributed by atoms with Gasteiger partial charge < -0.3 is 19.8 Å². The fourth-order valence-electron chi connectivity index (χ4n) is 2.14. The molecule has 5 nitrogen and oxygen atoms in total. The number of β-amino-alcohol motifs (C(OH)–C–C–N with tert-alkyl or cyclic N) is 1. The molecule has 0 saturated carbocycles. The lowest BCUT2D eigenvalue weighted by molar-refractivity contribution is -0.129. The van der Waals surface area contributed by atoms with E-state index in [0.717, 1.165) is 11.3 Å². The number of ether oxygens (including phenoxy) is 1. The van der Waals surface area contributed by atoms with Gasteiger partial charge >= 0.3 is 0 Å². The summed E-state index contributed by atoms with van der Waals surface area (Å²) < 4.78 is 5.47. The molecule has 0 aromatic heterocycles. The zero-order chi connectivity index (χ0) is 14.5. The Hall–Kier alpha value is -1.24. The van der Waals surface area contributed by atoms with Crippen LogP contribution in [0, 0.1) is 0 Å². The molecular formula is C14H19NO4S. The number of benzene rings is 1. The molecule has 0 spiro atoms. The van der Waals surface area contributed by atoms with E-state index in [1.807, 2.05) is 31.2 Å². The molecule has 2 unspecified atom stereocenters. The van der Waals surface area contributed by atoms with E-state index >= 15 is 0 Å². The molecule has 6 heteroatoms. The second kappa shape index (κ2) is 6.97. The summed E-state index contributed by atoms with van der Waals surface area (Å²) in [6.45, 7) is 2.31. The summed E-state index contributed by atoms with van der Waals surface area (Å²) >= 11 is 1.52. The van der Waals surface area contributed by atoms with Gasteiger partial charge in [0.15, 0.2) is 0 Å². The molecule has 1 fully saturated rings. The van der Waals surface area contributed by atoms with Crippen LogP contribution in [-0.4, -0.2) is 52.6 Å². The van der Waals surface area contributed by atoms with E-state index in [9.17, 15) is 9.90 Å². The number of nitrogens with zero attached hydrogens (tertiary/aromatic N) is 1. The van der Waals surface area contributed by atoms with Crippen molar-refractivity contribution in [2.45, 2.75) is 18.4 Å². The van der Waals surface area contributed by atoms with Gasteiger partial charge in [0.05, 0.1) is 31.6 Å². The Labute approximate surface area is 122 Å². The SMILES string of the molecule is CCOc1cccc(C2SCC(=O)N2CC(O)CO)c1. The van der Waals surface area contributed by atoms with Gasteiger partial charge in [0.2, 0.25) is 5.91 Å². The maximum Gasteiger partial charge on any atom is 0.233 e. The van der Waals surface area contributed by atoms with E-state index in [4.69, 9.17) is 9.84 Å². The molecule has 1 aromatic rings. The number of hydrogen-bond acceptors (Lipinski definition) is 5. The smallest absolute Gasteiger partial charge is 0.233 e. The van der Waals surface area contributed by atoms with E-state index in [1.54, 1.807) is 4.90 Å². The van der Waals surface area contributed by atoms with Crippen LogP contribution in [0.25, 0.3) is 0 Å². The van der Waals surface area contributed by atoms with Crippen LogP contribution in [0.2, 0.25) is 0 Å². The molecule has 2 rings (SSSR count). The molecule has 1 aromatic carbocycles. The second-order valence-corrected chi connectivity index (χ2v) is 5.62. The fraction of sp³-hybridized carbons (Fsp3) is 0.500. The van der Waals surface area contributed by atoms with Gasteiger partial charge in [-0.1, -0.05) is 12.1 Å². The van der Waals surface area contributed by atoms with Crippen LogP contribution in [0.3, 0.4) is 0 Å². The third-order valence-corrected chi connectivity index (χ3v) is 4.30. The van der Waals surface area contributed by atoms with E-state index in [1.165, 1.54) is 11.8 Å². The third kappa shape index (κ3) is 3.45. The van der Waals surface area contributed by atoms with Crippen LogP contribution >= 0.6 is 11.8 Å². The summed E-state index contributed by atoms with van der Waals surface area (Å²) in [5.74, 6) is 1.14. The molecule has 1 aliphatic rings. The Morgan fingerprint density at radius 3 is 3.05 bits per heavy atom. The normalized spacial score (nSPS) is 20.2. The molecule has 0 aliphatic carbocycles. The Balaban J connectivity index is 2.17. The molecule has 0 bridgehead atoms. The number of rotatable bonds is 6. The van der Waals surface area contributed by atoms with Crippen molar-refractivity contribution in [1.29, 1.82) is 0 Å². The number of carbonyl (C=O) groups is 1. The molecule has 1 saturated heterocycles. The summed E-state index contributed by atoms with van der Waals surface area (Å²) in [6, 6.07) is 7.63. The van der Waals surface area contributed by atoms with Crippen molar-refractivity contribution in [1.82, 2.24) is 4.90 Å². The maximum absolute atomic E-state index is 11.9. The second-order valence-electron chi connectivity index (χ2n) is 4.55. The highest BCUT2D eigenvalue weighted by Gasteiger charge is 2.33.